The molecule has 3 nitrogen and oxygen atoms in total. The lowest BCUT2D eigenvalue weighted by Gasteiger charge is -2.06. The summed E-state index contributed by atoms with van der Waals surface area (Å²) in [4.78, 5) is 12.2. The number of carbonyl (C=O) groups is 1. The maximum Gasteiger partial charge on any atom is 0.216 e. The standard InChI is InChI=1S/C17H14ClNO2/c1-11-6-7-13(9-14(11)18)19-10-15(20)17-8-12-4-2-3-5-16(12)21-17/h2-9,19H,10H2,1H3. The first-order valence-corrected chi connectivity index (χ1v) is 7.03. The zero-order chi connectivity index (χ0) is 14.8. The van der Waals surface area contributed by atoms with Crippen LogP contribution in [-0.2, 0) is 0 Å². The Kier molecular flexibility index (Phi) is 3.67. The summed E-state index contributed by atoms with van der Waals surface area (Å²) in [5.74, 6) is 0.268. The number of anilines is 1. The van der Waals surface area contributed by atoms with Crippen molar-refractivity contribution >= 4 is 34.0 Å². The summed E-state index contributed by atoms with van der Waals surface area (Å²) in [5, 5.41) is 4.67. The Morgan fingerprint density at radius 3 is 2.76 bits per heavy atom. The lowest BCUT2D eigenvalue weighted by Crippen LogP contribution is -2.13. The van der Waals surface area contributed by atoms with Gasteiger partial charge in [0.25, 0.3) is 0 Å². The van der Waals surface area contributed by atoms with E-state index in [1.165, 1.54) is 0 Å². The predicted octanol–water partition coefficient (Wildman–Crippen LogP) is 4.69. The molecule has 1 heterocycles. The molecule has 0 saturated heterocycles. The molecule has 1 aromatic heterocycles. The molecule has 0 radical (unpaired) electrons. The number of aryl methyl sites for hydroxylation is 1. The number of para-hydroxylation sites is 1. The van der Waals surface area contributed by atoms with Crippen LogP contribution >= 0.6 is 11.6 Å². The fraction of sp³-hybridized carbons (Fsp3) is 0.118. The number of carbonyl (C=O) groups excluding carboxylic acids is 1. The van der Waals surface area contributed by atoms with Crippen LogP contribution in [0.2, 0.25) is 5.02 Å². The van der Waals surface area contributed by atoms with E-state index in [2.05, 4.69) is 5.32 Å². The quantitative estimate of drug-likeness (QED) is 0.711. The van der Waals surface area contributed by atoms with Gasteiger partial charge in [0.05, 0.1) is 6.54 Å². The minimum absolute atomic E-state index is 0.0945. The predicted molar refractivity (Wildman–Crippen MR) is 85.2 cm³/mol. The van der Waals surface area contributed by atoms with E-state index in [1.54, 1.807) is 6.07 Å². The molecule has 21 heavy (non-hydrogen) atoms. The van der Waals surface area contributed by atoms with Crippen LogP contribution in [0.25, 0.3) is 11.0 Å². The Balaban J connectivity index is 1.72. The van der Waals surface area contributed by atoms with Gasteiger partial charge in [-0.15, -0.1) is 0 Å². The second-order valence-corrected chi connectivity index (χ2v) is 5.30. The van der Waals surface area contributed by atoms with Gasteiger partial charge in [-0.25, -0.2) is 0 Å². The van der Waals surface area contributed by atoms with Crippen molar-refractivity contribution in [2.75, 3.05) is 11.9 Å². The first-order chi connectivity index (χ1) is 10.1. The average molecular weight is 300 g/mol. The monoisotopic (exact) mass is 299 g/mol. The molecule has 0 fully saturated rings. The largest absolute Gasteiger partial charge is 0.453 e. The molecule has 2 aromatic carbocycles. The molecule has 106 valence electrons. The lowest BCUT2D eigenvalue weighted by molar-refractivity contribution is 0.0982. The van der Waals surface area contributed by atoms with E-state index in [4.69, 9.17) is 16.0 Å². The number of halogens is 1. The third kappa shape index (κ3) is 2.93. The number of hydrogen-bond acceptors (Lipinski definition) is 3. The van der Waals surface area contributed by atoms with Gasteiger partial charge in [0, 0.05) is 16.1 Å². The summed E-state index contributed by atoms with van der Waals surface area (Å²) in [5.41, 5.74) is 2.54. The Morgan fingerprint density at radius 1 is 1.19 bits per heavy atom. The number of furan rings is 1. The Bertz CT molecular complexity index is 774. The van der Waals surface area contributed by atoms with Crippen LogP contribution in [0.4, 0.5) is 5.69 Å². The van der Waals surface area contributed by atoms with E-state index in [1.807, 2.05) is 49.4 Å². The maximum absolute atomic E-state index is 12.2. The molecular formula is C17H14ClNO2. The van der Waals surface area contributed by atoms with Gasteiger partial charge in [-0.1, -0.05) is 35.9 Å². The fourth-order valence-electron chi connectivity index (χ4n) is 2.09. The van der Waals surface area contributed by atoms with E-state index in [9.17, 15) is 4.79 Å². The van der Waals surface area contributed by atoms with Crippen molar-refractivity contribution in [2.45, 2.75) is 6.92 Å². The van der Waals surface area contributed by atoms with E-state index in [-0.39, 0.29) is 12.3 Å². The van der Waals surface area contributed by atoms with E-state index in [0.29, 0.717) is 10.8 Å². The number of rotatable bonds is 4. The maximum atomic E-state index is 12.2. The Hall–Kier alpha value is -2.26. The molecular weight excluding hydrogens is 286 g/mol. The molecule has 1 N–H and O–H groups in total. The van der Waals surface area contributed by atoms with Crippen LogP contribution in [0.15, 0.2) is 52.9 Å². The highest BCUT2D eigenvalue weighted by Gasteiger charge is 2.12. The fourth-order valence-corrected chi connectivity index (χ4v) is 2.27. The molecule has 0 aliphatic rings. The van der Waals surface area contributed by atoms with Gasteiger partial charge in [0.1, 0.15) is 5.58 Å². The molecule has 0 unspecified atom stereocenters. The van der Waals surface area contributed by atoms with Crippen molar-refractivity contribution in [3.8, 4) is 0 Å². The van der Waals surface area contributed by atoms with E-state index < -0.39 is 0 Å². The summed E-state index contributed by atoms with van der Waals surface area (Å²) in [6, 6.07) is 14.9. The van der Waals surface area contributed by atoms with Crippen molar-refractivity contribution in [3.63, 3.8) is 0 Å². The van der Waals surface area contributed by atoms with Gasteiger partial charge >= 0.3 is 0 Å². The number of hydrogen-bond donors (Lipinski definition) is 1. The molecule has 0 aliphatic heterocycles. The molecule has 3 rings (SSSR count). The number of nitrogens with one attached hydrogen (secondary N) is 1. The van der Waals surface area contributed by atoms with Gasteiger partial charge in [0.2, 0.25) is 5.78 Å². The summed E-state index contributed by atoms with van der Waals surface area (Å²) >= 11 is 6.06. The summed E-state index contributed by atoms with van der Waals surface area (Å²) in [6.45, 7) is 2.10. The van der Waals surface area contributed by atoms with Crippen LogP contribution in [-0.4, -0.2) is 12.3 Å². The van der Waals surface area contributed by atoms with Crippen molar-refractivity contribution in [1.82, 2.24) is 0 Å². The molecule has 0 saturated carbocycles. The number of fused-ring (bicyclic) bond motifs is 1. The molecule has 3 aromatic rings. The van der Waals surface area contributed by atoms with Gasteiger partial charge in [-0.2, -0.15) is 0 Å². The highest BCUT2D eigenvalue weighted by molar-refractivity contribution is 6.31. The van der Waals surface area contributed by atoms with Gasteiger partial charge < -0.3 is 9.73 Å². The smallest absolute Gasteiger partial charge is 0.216 e. The van der Waals surface area contributed by atoms with Crippen molar-refractivity contribution < 1.29 is 9.21 Å². The van der Waals surface area contributed by atoms with Crippen molar-refractivity contribution in [1.29, 1.82) is 0 Å². The summed E-state index contributed by atoms with van der Waals surface area (Å²) in [6.07, 6.45) is 0. The molecule has 0 spiro atoms. The first-order valence-electron chi connectivity index (χ1n) is 6.65. The minimum atomic E-state index is -0.0945. The topological polar surface area (TPSA) is 42.2 Å². The van der Waals surface area contributed by atoms with Crippen LogP contribution in [0.1, 0.15) is 16.1 Å². The molecule has 0 atom stereocenters. The number of ketones is 1. The highest BCUT2D eigenvalue weighted by Crippen LogP contribution is 2.21. The SMILES string of the molecule is Cc1ccc(NCC(=O)c2cc3ccccc3o2)cc1Cl. The minimum Gasteiger partial charge on any atom is -0.453 e. The highest BCUT2D eigenvalue weighted by atomic mass is 35.5. The van der Waals surface area contributed by atoms with Crippen molar-refractivity contribution in [2.24, 2.45) is 0 Å². The normalized spacial score (nSPS) is 10.8. The number of Topliss-reactive ketones (excluding diaryl/α,β-unsaturated/α-hetero) is 1. The summed E-state index contributed by atoms with van der Waals surface area (Å²) in [7, 11) is 0. The van der Waals surface area contributed by atoms with Crippen LogP contribution < -0.4 is 5.32 Å². The first kappa shape index (κ1) is 13.7. The third-order valence-electron chi connectivity index (χ3n) is 3.33. The van der Waals surface area contributed by atoms with Gasteiger partial charge in [0.15, 0.2) is 5.76 Å². The van der Waals surface area contributed by atoms with Crippen LogP contribution in [0.3, 0.4) is 0 Å². The van der Waals surface area contributed by atoms with Gasteiger partial charge in [-0.05, 0) is 36.8 Å². The second-order valence-electron chi connectivity index (χ2n) is 4.89. The lowest BCUT2D eigenvalue weighted by atomic mass is 10.2. The average Bonchev–Trinajstić information content (AvgIpc) is 2.92. The Labute approximate surface area is 127 Å². The van der Waals surface area contributed by atoms with E-state index >= 15 is 0 Å². The zero-order valence-electron chi connectivity index (χ0n) is 11.5. The van der Waals surface area contributed by atoms with Crippen LogP contribution in [0.5, 0.6) is 0 Å². The second kappa shape index (κ2) is 5.62. The van der Waals surface area contributed by atoms with E-state index in [0.717, 1.165) is 22.2 Å². The molecule has 4 heteroatoms. The Morgan fingerprint density at radius 2 is 2.00 bits per heavy atom. The molecule has 0 bridgehead atoms. The molecule has 0 amide bonds. The third-order valence-corrected chi connectivity index (χ3v) is 3.73. The van der Waals surface area contributed by atoms with Crippen LogP contribution in [0, 0.1) is 6.92 Å². The zero-order valence-corrected chi connectivity index (χ0v) is 12.3. The summed E-state index contributed by atoms with van der Waals surface area (Å²) < 4.78 is 5.55. The number of benzene rings is 2. The van der Waals surface area contributed by atoms with Gasteiger partial charge in [-0.3, -0.25) is 4.79 Å². The van der Waals surface area contributed by atoms with Crippen molar-refractivity contribution in [3.05, 3.63) is 64.9 Å². The molecule has 0 aliphatic carbocycles.